The summed E-state index contributed by atoms with van der Waals surface area (Å²) in [4.78, 5) is 18.4. The molecule has 2 heterocycles. The van der Waals surface area contributed by atoms with E-state index < -0.39 is 10.0 Å². The molecule has 1 saturated heterocycles. The number of hydrogen-bond donors (Lipinski definition) is 2. The monoisotopic (exact) mass is 419 g/mol. The van der Waals surface area contributed by atoms with Crippen LogP contribution in [0.2, 0.25) is 0 Å². The van der Waals surface area contributed by atoms with Gasteiger partial charge in [-0.1, -0.05) is 6.07 Å². The molecule has 1 aromatic heterocycles. The Hall–Kier alpha value is -2.33. The van der Waals surface area contributed by atoms with Crippen LogP contribution >= 0.6 is 0 Å². The minimum absolute atomic E-state index is 0.0465. The smallest absolute Gasteiger partial charge is 0.251 e. The number of benzene rings is 1. The maximum Gasteiger partial charge on any atom is 0.251 e. The van der Waals surface area contributed by atoms with Crippen LogP contribution in [0.1, 0.15) is 22.0 Å². The number of nitrogens with zero attached hydrogens (tertiary/aromatic N) is 2. The zero-order valence-corrected chi connectivity index (χ0v) is 17.5. The summed E-state index contributed by atoms with van der Waals surface area (Å²) in [6.07, 6.45) is 3.55. The molecule has 8 nitrogen and oxygen atoms in total. The van der Waals surface area contributed by atoms with Gasteiger partial charge in [-0.05, 0) is 30.3 Å². The number of pyridine rings is 1. The van der Waals surface area contributed by atoms with E-state index in [1.165, 1.54) is 31.1 Å². The average Bonchev–Trinajstić information content (AvgIpc) is 2.75. The molecule has 0 spiro atoms. The number of carbonyl (C=O) groups excluding carboxylic acids is 1. The number of rotatable bonds is 7. The van der Waals surface area contributed by atoms with Crippen LogP contribution < -0.4 is 10.2 Å². The van der Waals surface area contributed by atoms with E-state index in [2.05, 4.69) is 10.3 Å². The van der Waals surface area contributed by atoms with E-state index in [1.54, 1.807) is 18.3 Å². The second kappa shape index (κ2) is 9.45. The summed E-state index contributed by atoms with van der Waals surface area (Å²) in [5.74, 6) is -0.303. The SMILES string of the molecule is CN(C)S(=O)(=O)c1cccc(C(=O)NC[C@@H](c2cccnc2)[NH+]2CCOCC2)c1. The molecule has 2 N–H and O–H groups in total. The summed E-state index contributed by atoms with van der Waals surface area (Å²) in [6, 6.07) is 10.0. The number of amides is 1. The zero-order valence-electron chi connectivity index (χ0n) is 16.7. The van der Waals surface area contributed by atoms with Gasteiger partial charge in [0.1, 0.15) is 19.1 Å². The Morgan fingerprint density at radius 1 is 1.24 bits per heavy atom. The van der Waals surface area contributed by atoms with Crippen molar-refractivity contribution in [3.05, 3.63) is 59.9 Å². The van der Waals surface area contributed by atoms with Gasteiger partial charge in [-0.2, -0.15) is 0 Å². The third-order valence-corrected chi connectivity index (χ3v) is 6.87. The first-order valence-electron chi connectivity index (χ1n) is 9.52. The lowest BCUT2D eigenvalue weighted by molar-refractivity contribution is -0.937. The molecule has 1 amide bonds. The molecule has 0 saturated carbocycles. The highest BCUT2D eigenvalue weighted by molar-refractivity contribution is 7.89. The third kappa shape index (κ3) is 5.18. The third-order valence-electron chi connectivity index (χ3n) is 5.06. The number of hydrogen-bond acceptors (Lipinski definition) is 5. The average molecular weight is 420 g/mol. The highest BCUT2D eigenvalue weighted by Gasteiger charge is 2.27. The predicted octanol–water partition coefficient (Wildman–Crippen LogP) is -0.282. The van der Waals surface area contributed by atoms with Gasteiger partial charge in [-0.15, -0.1) is 0 Å². The van der Waals surface area contributed by atoms with Crippen molar-refractivity contribution < 1.29 is 22.8 Å². The minimum atomic E-state index is -3.60. The summed E-state index contributed by atoms with van der Waals surface area (Å²) < 4.78 is 31.3. The van der Waals surface area contributed by atoms with E-state index in [9.17, 15) is 13.2 Å². The van der Waals surface area contributed by atoms with Gasteiger partial charge in [0.2, 0.25) is 10.0 Å². The fraction of sp³-hybridized carbons (Fsp3) is 0.400. The number of nitrogens with one attached hydrogen (secondary N) is 2. The van der Waals surface area contributed by atoms with Crippen LogP contribution in [0.5, 0.6) is 0 Å². The summed E-state index contributed by atoms with van der Waals surface area (Å²) in [5, 5.41) is 2.97. The maximum atomic E-state index is 12.7. The van der Waals surface area contributed by atoms with E-state index in [0.717, 1.165) is 23.0 Å². The molecule has 3 rings (SSSR count). The Kier molecular flexibility index (Phi) is 6.96. The first-order chi connectivity index (χ1) is 13.9. The molecule has 1 atom stereocenters. The Labute approximate surface area is 171 Å². The van der Waals surface area contributed by atoms with Crippen molar-refractivity contribution >= 4 is 15.9 Å². The van der Waals surface area contributed by atoms with E-state index in [4.69, 9.17) is 4.74 Å². The lowest BCUT2D eigenvalue weighted by Crippen LogP contribution is -3.15. The summed E-state index contributed by atoms with van der Waals surface area (Å²) >= 11 is 0. The molecular formula is C20H27N4O4S+. The zero-order chi connectivity index (χ0) is 20.9. The molecule has 1 aliphatic heterocycles. The normalized spacial score (nSPS) is 16.5. The van der Waals surface area contributed by atoms with Crippen molar-refractivity contribution in [2.75, 3.05) is 46.9 Å². The topological polar surface area (TPSA) is 93.0 Å². The van der Waals surface area contributed by atoms with Gasteiger partial charge >= 0.3 is 0 Å². The van der Waals surface area contributed by atoms with E-state index in [-0.39, 0.29) is 16.8 Å². The van der Waals surface area contributed by atoms with Crippen molar-refractivity contribution in [3.63, 3.8) is 0 Å². The molecular weight excluding hydrogens is 392 g/mol. The van der Waals surface area contributed by atoms with Crippen LogP contribution in [0.3, 0.4) is 0 Å². The van der Waals surface area contributed by atoms with Crippen LogP contribution in [0.25, 0.3) is 0 Å². The molecule has 1 aromatic carbocycles. The number of morpholine rings is 1. The summed E-state index contributed by atoms with van der Waals surface area (Å²) in [5.41, 5.74) is 1.36. The molecule has 0 bridgehead atoms. The van der Waals surface area contributed by atoms with Gasteiger partial charge < -0.3 is 15.0 Å². The largest absolute Gasteiger partial charge is 0.370 e. The lowest BCUT2D eigenvalue weighted by atomic mass is 10.1. The van der Waals surface area contributed by atoms with Gasteiger partial charge in [0.05, 0.1) is 24.7 Å². The molecule has 0 aliphatic carbocycles. The van der Waals surface area contributed by atoms with Gasteiger partial charge in [-0.25, -0.2) is 12.7 Å². The van der Waals surface area contributed by atoms with Gasteiger partial charge in [0.25, 0.3) is 5.91 Å². The van der Waals surface area contributed by atoms with Gasteiger partial charge in [0, 0.05) is 37.6 Å². The number of sulfonamides is 1. The van der Waals surface area contributed by atoms with Crippen LogP contribution in [-0.2, 0) is 14.8 Å². The number of quaternary nitrogens is 1. The van der Waals surface area contributed by atoms with Crippen LogP contribution in [0.4, 0.5) is 0 Å². The van der Waals surface area contributed by atoms with Crippen molar-refractivity contribution in [1.29, 1.82) is 0 Å². The maximum absolute atomic E-state index is 12.7. The summed E-state index contributed by atoms with van der Waals surface area (Å²) in [7, 11) is -0.669. The number of aromatic nitrogens is 1. The van der Waals surface area contributed by atoms with Crippen molar-refractivity contribution in [3.8, 4) is 0 Å². The Morgan fingerprint density at radius 3 is 2.66 bits per heavy atom. The van der Waals surface area contributed by atoms with Crippen LogP contribution in [0, 0.1) is 0 Å². The second-order valence-electron chi connectivity index (χ2n) is 7.13. The second-order valence-corrected chi connectivity index (χ2v) is 9.29. The Balaban J connectivity index is 1.75. The molecule has 156 valence electrons. The minimum Gasteiger partial charge on any atom is -0.370 e. The Bertz CT molecular complexity index is 929. The van der Waals surface area contributed by atoms with Crippen molar-refractivity contribution in [2.45, 2.75) is 10.9 Å². The molecule has 0 radical (unpaired) electrons. The molecule has 29 heavy (non-hydrogen) atoms. The van der Waals surface area contributed by atoms with Gasteiger partial charge in [0.15, 0.2) is 0 Å². The van der Waals surface area contributed by atoms with Gasteiger partial charge in [-0.3, -0.25) is 9.78 Å². The molecule has 1 aliphatic rings. The predicted molar refractivity (Wildman–Crippen MR) is 108 cm³/mol. The van der Waals surface area contributed by atoms with E-state index >= 15 is 0 Å². The standard InChI is InChI=1S/C20H26N4O4S/c1-23(2)29(26,27)18-7-3-5-16(13-18)20(25)22-15-19(17-6-4-8-21-14-17)24-9-11-28-12-10-24/h3-8,13-14,19H,9-12,15H2,1-2H3,(H,22,25)/p+1/t19-/m0/s1. The summed E-state index contributed by atoms with van der Waals surface area (Å²) in [6.45, 7) is 3.50. The molecule has 9 heteroatoms. The fourth-order valence-corrected chi connectivity index (χ4v) is 4.32. The van der Waals surface area contributed by atoms with Crippen molar-refractivity contribution in [1.82, 2.24) is 14.6 Å². The Morgan fingerprint density at radius 2 is 2.00 bits per heavy atom. The molecule has 2 aromatic rings. The van der Waals surface area contributed by atoms with E-state index in [1.807, 2.05) is 18.3 Å². The van der Waals surface area contributed by atoms with Crippen LogP contribution in [-0.4, -0.2) is 70.6 Å². The van der Waals surface area contributed by atoms with Crippen LogP contribution in [0.15, 0.2) is 53.7 Å². The quantitative estimate of drug-likeness (QED) is 0.644. The lowest BCUT2D eigenvalue weighted by Gasteiger charge is -2.31. The number of carbonyl (C=O) groups is 1. The van der Waals surface area contributed by atoms with E-state index in [0.29, 0.717) is 25.3 Å². The van der Waals surface area contributed by atoms with Crippen molar-refractivity contribution in [2.24, 2.45) is 0 Å². The molecule has 0 unspecified atom stereocenters. The highest BCUT2D eigenvalue weighted by atomic mass is 32.2. The first kappa shape index (κ1) is 21.4. The number of ether oxygens (including phenoxy) is 1. The highest BCUT2D eigenvalue weighted by Crippen LogP contribution is 2.15. The first-order valence-corrected chi connectivity index (χ1v) is 11.0. The fourth-order valence-electron chi connectivity index (χ4n) is 3.37. The molecule has 1 fully saturated rings.